The fraction of sp³-hybridized carbons (Fsp3) is 0.529. The summed E-state index contributed by atoms with van der Waals surface area (Å²) >= 11 is 1.89. The van der Waals surface area contributed by atoms with Crippen LogP contribution in [0.2, 0.25) is 0 Å². The van der Waals surface area contributed by atoms with E-state index in [4.69, 9.17) is 0 Å². The fourth-order valence-electron chi connectivity index (χ4n) is 2.89. The van der Waals surface area contributed by atoms with E-state index in [1.54, 1.807) is 11.1 Å². The number of thiophene rings is 1. The molecule has 0 fully saturated rings. The number of fused-ring (bicyclic) bond motifs is 1. The molecule has 2 aromatic rings. The Labute approximate surface area is 147 Å². The molecule has 0 radical (unpaired) electrons. The smallest absolute Gasteiger partial charge is 0.191 e. The Morgan fingerprint density at radius 3 is 3.08 bits per heavy atom. The molecule has 3 heterocycles. The van der Waals surface area contributed by atoms with Gasteiger partial charge in [-0.05, 0) is 36.4 Å². The lowest BCUT2D eigenvalue weighted by molar-refractivity contribution is 0.260. The van der Waals surface area contributed by atoms with E-state index in [2.05, 4.69) is 44.0 Å². The summed E-state index contributed by atoms with van der Waals surface area (Å²) in [5.41, 5.74) is 2.61. The van der Waals surface area contributed by atoms with Gasteiger partial charge in [0.05, 0.1) is 12.2 Å². The zero-order valence-electron chi connectivity index (χ0n) is 14.5. The van der Waals surface area contributed by atoms with E-state index in [1.165, 1.54) is 12.0 Å². The summed E-state index contributed by atoms with van der Waals surface area (Å²) in [5, 5.41) is 13.1. The first-order chi connectivity index (χ1) is 11.8. The molecule has 130 valence electrons. The van der Waals surface area contributed by atoms with Gasteiger partial charge in [-0.25, -0.2) is 4.99 Å². The molecule has 0 saturated heterocycles. The van der Waals surface area contributed by atoms with E-state index >= 15 is 0 Å². The second-order valence-corrected chi connectivity index (χ2v) is 6.96. The first-order valence-corrected chi connectivity index (χ1v) is 9.41. The number of guanidine groups is 1. The van der Waals surface area contributed by atoms with Crippen molar-refractivity contribution in [3.05, 3.63) is 39.8 Å². The van der Waals surface area contributed by atoms with Crippen LogP contribution in [0.3, 0.4) is 0 Å². The minimum absolute atomic E-state index is 0.633. The molecule has 24 heavy (non-hydrogen) atoms. The average Bonchev–Trinajstić information content (AvgIpc) is 3.21. The predicted octanol–water partition coefficient (Wildman–Crippen LogP) is 1.59. The normalized spacial score (nSPS) is 15.3. The van der Waals surface area contributed by atoms with Crippen LogP contribution < -0.4 is 10.6 Å². The molecular weight excluding hydrogens is 320 g/mol. The van der Waals surface area contributed by atoms with E-state index in [-0.39, 0.29) is 0 Å². The second-order valence-electron chi connectivity index (χ2n) is 5.96. The van der Waals surface area contributed by atoms with Crippen LogP contribution in [0.25, 0.3) is 0 Å². The largest absolute Gasteiger partial charge is 0.357 e. The fourth-order valence-corrected chi connectivity index (χ4v) is 3.78. The zero-order chi connectivity index (χ0) is 16.8. The molecule has 0 atom stereocenters. The Kier molecular flexibility index (Phi) is 5.87. The maximum atomic E-state index is 4.64. The molecule has 6 nitrogen and oxygen atoms in total. The van der Waals surface area contributed by atoms with Crippen molar-refractivity contribution in [1.82, 2.24) is 25.3 Å². The van der Waals surface area contributed by atoms with Gasteiger partial charge in [0.15, 0.2) is 5.96 Å². The molecule has 3 rings (SSSR count). The lowest BCUT2D eigenvalue weighted by Gasteiger charge is -2.27. The number of rotatable bonds is 6. The highest BCUT2D eigenvalue weighted by molar-refractivity contribution is 7.10. The molecule has 0 amide bonds. The van der Waals surface area contributed by atoms with Crippen molar-refractivity contribution < 1.29 is 0 Å². The zero-order valence-corrected chi connectivity index (χ0v) is 15.3. The highest BCUT2D eigenvalue weighted by Crippen LogP contribution is 2.23. The van der Waals surface area contributed by atoms with E-state index in [1.807, 2.05) is 29.1 Å². The monoisotopic (exact) mass is 346 g/mol. The van der Waals surface area contributed by atoms with E-state index in [9.17, 15) is 0 Å². The SMILES string of the molecule is CCNC(=NCc1ccnn1C)NCCN1CCc2sccc2C1. The minimum Gasteiger partial charge on any atom is -0.357 e. The summed E-state index contributed by atoms with van der Waals surface area (Å²) in [4.78, 5) is 8.71. The van der Waals surface area contributed by atoms with Gasteiger partial charge in [0.2, 0.25) is 0 Å². The van der Waals surface area contributed by atoms with Crippen LogP contribution in [-0.2, 0) is 26.6 Å². The topological polar surface area (TPSA) is 57.5 Å². The number of hydrogen-bond donors (Lipinski definition) is 2. The molecule has 0 bridgehead atoms. The summed E-state index contributed by atoms with van der Waals surface area (Å²) in [6.45, 7) is 7.74. The molecule has 7 heteroatoms. The molecule has 0 spiro atoms. The number of aromatic nitrogens is 2. The van der Waals surface area contributed by atoms with E-state index in [0.29, 0.717) is 6.54 Å². The predicted molar refractivity (Wildman–Crippen MR) is 99.3 cm³/mol. The van der Waals surface area contributed by atoms with Crippen molar-refractivity contribution in [1.29, 1.82) is 0 Å². The van der Waals surface area contributed by atoms with E-state index < -0.39 is 0 Å². The first-order valence-electron chi connectivity index (χ1n) is 8.53. The summed E-state index contributed by atoms with van der Waals surface area (Å²) in [7, 11) is 1.94. The molecule has 2 N–H and O–H groups in total. The number of nitrogens with zero attached hydrogens (tertiary/aromatic N) is 4. The summed E-state index contributed by atoms with van der Waals surface area (Å²) in [6, 6.07) is 4.26. The highest BCUT2D eigenvalue weighted by atomic mass is 32.1. The molecule has 2 aromatic heterocycles. The average molecular weight is 347 g/mol. The van der Waals surface area contributed by atoms with Gasteiger partial charge in [-0.2, -0.15) is 5.10 Å². The van der Waals surface area contributed by atoms with Crippen molar-refractivity contribution in [3.8, 4) is 0 Å². The van der Waals surface area contributed by atoms with Gasteiger partial charge in [-0.1, -0.05) is 0 Å². The molecule has 0 aliphatic carbocycles. The molecule has 1 aliphatic rings. The lowest BCUT2D eigenvalue weighted by atomic mass is 10.1. The first kappa shape index (κ1) is 17.0. The van der Waals surface area contributed by atoms with Gasteiger partial charge >= 0.3 is 0 Å². The summed E-state index contributed by atoms with van der Waals surface area (Å²) in [5.74, 6) is 0.868. The Morgan fingerprint density at radius 2 is 2.29 bits per heavy atom. The standard InChI is InChI=1S/C17H26N6S/c1-3-18-17(20-12-15-4-7-21-22(15)2)19-8-10-23-9-5-16-14(13-23)6-11-24-16/h4,6-7,11H,3,5,8-10,12-13H2,1-2H3,(H2,18,19,20). The van der Waals surface area contributed by atoms with Crippen LogP contribution in [0.5, 0.6) is 0 Å². The van der Waals surface area contributed by atoms with Crippen LogP contribution in [0.15, 0.2) is 28.7 Å². The van der Waals surface area contributed by atoms with Crippen LogP contribution in [0.4, 0.5) is 0 Å². The Morgan fingerprint density at radius 1 is 1.38 bits per heavy atom. The third-order valence-corrected chi connectivity index (χ3v) is 5.30. The van der Waals surface area contributed by atoms with Crippen LogP contribution >= 0.6 is 11.3 Å². The van der Waals surface area contributed by atoms with Gasteiger partial charge in [0.25, 0.3) is 0 Å². The number of nitrogens with one attached hydrogen (secondary N) is 2. The van der Waals surface area contributed by atoms with Gasteiger partial charge in [-0.15, -0.1) is 11.3 Å². The third kappa shape index (κ3) is 4.36. The molecular formula is C17H26N6S. The van der Waals surface area contributed by atoms with Crippen LogP contribution in [-0.4, -0.2) is 46.8 Å². The minimum atomic E-state index is 0.633. The Hall–Kier alpha value is -1.86. The van der Waals surface area contributed by atoms with Crippen molar-refractivity contribution in [2.45, 2.75) is 26.4 Å². The van der Waals surface area contributed by atoms with Crippen molar-refractivity contribution >= 4 is 17.3 Å². The van der Waals surface area contributed by atoms with Crippen molar-refractivity contribution in [2.75, 3.05) is 26.2 Å². The summed E-state index contributed by atoms with van der Waals surface area (Å²) < 4.78 is 1.86. The van der Waals surface area contributed by atoms with Crippen LogP contribution in [0.1, 0.15) is 23.1 Å². The number of aliphatic imine (C=N–C) groups is 1. The molecule has 0 saturated carbocycles. The Balaban J connectivity index is 1.47. The highest BCUT2D eigenvalue weighted by Gasteiger charge is 2.16. The maximum absolute atomic E-state index is 4.64. The molecule has 0 aromatic carbocycles. The van der Waals surface area contributed by atoms with Crippen molar-refractivity contribution in [2.24, 2.45) is 12.0 Å². The third-order valence-electron chi connectivity index (χ3n) is 4.27. The summed E-state index contributed by atoms with van der Waals surface area (Å²) in [6.07, 6.45) is 2.99. The van der Waals surface area contributed by atoms with Crippen LogP contribution in [0, 0.1) is 0 Å². The second kappa shape index (κ2) is 8.30. The molecule has 0 unspecified atom stereocenters. The van der Waals surface area contributed by atoms with Gasteiger partial charge in [0.1, 0.15) is 0 Å². The molecule has 1 aliphatic heterocycles. The number of aryl methyl sites for hydroxylation is 1. The lowest BCUT2D eigenvalue weighted by Crippen LogP contribution is -2.42. The van der Waals surface area contributed by atoms with Gasteiger partial charge in [-0.3, -0.25) is 9.58 Å². The maximum Gasteiger partial charge on any atom is 0.191 e. The Bertz CT molecular complexity index is 674. The number of hydrogen-bond acceptors (Lipinski definition) is 4. The van der Waals surface area contributed by atoms with E-state index in [0.717, 1.165) is 44.4 Å². The quantitative estimate of drug-likeness (QED) is 0.616. The van der Waals surface area contributed by atoms with Crippen molar-refractivity contribution in [3.63, 3.8) is 0 Å². The van der Waals surface area contributed by atoms with Gasteiger partial charge < -0.3 is 10.6 Å². The van der Waals surface area contributed by atoms with Gasteiger partial charge in [0, 0.05) is 50.8 Å².